The van der Waals surface area contributed by atoms with Gasteiger partial charge in [-0.25, -0.2) is 0 Å². The molecule has 0 amide bonds. The van der Waals surface area contributed by atoms with Crippen molar-refractivity contribution in [1.82, 2.24) is 0 Å². The van der Waals surface area contributed by atoms with Crippen molar-refractivity contribution in [1.29, 1.82) is 0 Å². The molecule has 0 saturated carbocycles. The van der Waals surface area contributed by atoms with Gasteiger partial charge in [-0.05, 0) is 25.0 Å². The molecule has 11 heavy (non-hydrogen) atoms. The quantitative estimate of drug-likeness (QED) is 0.498. The Bertz CT molecular complexity index is 140. The van der Waals surface area contributed by atoms with Crippen LogP contribution in [0.25, 0.3) is 0 Å². The topological polar surface area (TPSA) is 17.1 Å². The minimum absolute atomic E-state index is 0.257. The standard InChI is InChI=1S/C9H16OS/c1-8(7-9(2)10)5-3-4-6-11/h3,5,8,11H,4,6-7H2,1-2H3. The van der Waals surface area contributed by atoms with Crippen LogP contribution >= 0.6 is 12.6 Å². The van der Waals surface area contributed by atoms with Gasteiger partial charge in [0.1, 0.15) is 5.78 Å². The van der Waals surface area contributed by atoms with Crippen molar-refractivity contribution in [2.75, 3.05) is 5.75 Å². The van der Waals surface area contributed by atoms with Crippen LogP contribution in [0.4, 0.5) is 0 Å². The van der Waals surface area contributed by atoms with E-state index in [-0.39, 0.29) is 5.78 Å². The van der Waals surface area contributed by atoms with Crippen LogP contribution in [0, 0.1) is 5.92 Å². The highest BCUT2D eigenvalue weighted by Crippen LogP contribution is 2.04. The van der Waals surface area contributed by atoms with E-state index >= 15 is 0 Å². The zero-order valence-electron chi connectivity index (χ0n) is 7.21. The van der Waals surface area contributed by atoms with E-state index in [1.807, 2.05) is 0 Å². The van der Waals surface area contributed by atoms with E-state index in [4.69, 9.17) is 0 Å². The van der Waals surface area contributed by atoms with Crippen molar-refractivity contribution in [3.8, 4) is 0 Å². The molecule has 0 aromatic heterocycles. The van der Waals surface area contributed by atoms with Gasteiger partial charge < -0.3 is 4.79 Å². The van der Waals surface area contributed by atoms with Crippen molar-refractivity contribution >= 4 is 18.4 Å². The summed E-state index contributed by atoms with van der Waals surface area (Å²) in [6, 6.07) is 0. The summed E-state index contributed by atoms with van der Waals surface area (Å²) >= 11 is 4.07. The number of rotatable bonds is 5. The molecule has 0 aliphatic heterocycles. The Morgan fingerprint density at radius 2 is 2.27 bits per heavy atom. The number of thiol groups is 1. The third-order valence-electron chi connectivity index (χ3n) is 1.37. The summed E-state index contributed by atoms with van der Waals surface area (Å²) in [4.78, 5) is 10.6. The SMILES string of the molecule is CC(=O)CC(C)C=CCCS. The molecule has 2 heteroatoms. The second-order valence-corrected chi connectivity index (χ2v) is 3.27. The molecule has 0 fully saturated rings. The van der Waals surface area contributed by atoms with Gasteiger partial charge in [0.05, 0.1) is 0 Å². The monoisotopic (exact) mass is 172 g/mol. The van der Waals surface area contributed by atoms with Crippen LogP contribution in [-0.4, -0.2) is 11.5 Å². The van der Waals surface area contributed by atoms with Crippen molar-refractivity contribution < 1.29 is 4.79 Å². The molecule has 1 nitrogen and oxygen atoms in total. The third-order valence-corrected chi connectivity index (χ3v) is 1.63. The van der Waals surface area contributed by atoms with Gasteiger partial charge in [0, 0.05) is 6.42 Å². The third kappa shape index (κ3) is 7.66. The molecule has 0 rings (SSSR count). The second kappa shape index (κ2) is 6.47. The number of allylic oxidation sites excluding steroid dienone is 2. The Labute approximate surface area is 74.3 Å². The molecule has 0 heterocycles. The Hall–Kier alpha value is -0.240. The van der Waals surface area contributed by atoms with Gasteiger partial charge in [-0.1, -0.05) is 19.1 Å². The molecule has 0 radical (unpaired) electrons. The molecule has 0 aromatic carbocycles. The molecule has 1 atom stereocenters. The Kier molecular flexibility index (Phi) is 6.33. The first kappa shape index (κ1) is 10.8. The minimum atomic E-state index is 0.257. The van der Waals surface area contributed by atoms with Crippen LogP contribution in [0.2, 0.25) is 0 Å². The summed E-state index contributed by atoms with van der Waals surface area (Å²) in [5.74, 6) is 1.52. The lowest BCUT2D eigenvalue weighted by molar-refractivity contribution is -0.117. The number of hydrogen-bond acceptors (Lipinski definition) is 2. The molecule has 0 spiro atoms. The van der Waals surface area contributed by atoms with Crippen LogP contribution in [0.1, 0.15) is 26.7 Å². The smallest absolute Gasteiger partial charge is 0.130 e. The van der Waals surface area contributed by atoms with E-state index in [1.165, 1.54) is 0 Å². The van der Waals surface area contributed by atoms with Crippen LogP contribution in [-0.2, 0) is 4.79 Å². The maximum Gasteiger partial charge on any atom is 0.130 e. The Morgan fingerprint density at radius 1 is 1.64 bits per heavy atom. The largest absolute Gasteiger partial charge is 0.300 e. The summed E-state index contributed by atoms with van der Waals surface area (Å²) in [5.41, 5.74) is 0. The average Bonchev–Trinajstić information content (AvgIpc) is 1.86. The first-order valence-electron chi connectivity index (χ1n) is 3.93. The molecule has 0 saturated heterocycles. The molecule has 0 N–H and O–H groups in total. The molecule has 0 bridgehead atoms. The Morgan fingerprint density at radius 3 is 2.73 bits per heavy atom. The lowest BCUT2D eigenvalue weighted by Crippen LogP contribution is -1.97. The maximum absolute atomic E-state index is 10.6. The summed E-state index contributed by atoms with van der Waals surface area (Å²) in [5, 5.41) is 0. The van der Waals surface area contributed by atoms with Gasteiger partial charge in [0.25, 0.3) is 0 Å². The van der Waals surface area contributed by atoms with Crippen LogP contribution < -0.4 is 0 Å². The fourth-order valence-corrected chi connectivity index (χ4v) is 1.07. The van der Waals surface area contributed by atoms with Crippen molar-refractivity contribution in [2.24, 2.45) is 5.92 Å². The summed E-state index contributed by atoms with van der Waals surface area (Å²) in [7, 11) is 0. The van der Waals surface area contributed by atoms with Crippen molar-refractivity contribution in [3.63, 3.8) is 0 Å². The van der Waals surface area contributed by atoms with Gasteiger partial charge >= 0.3 is 0 Å². The minimum Gasteiger partial charge on any atom is -0.300 e. The highest BCUT2D eigenvalue weighted by atomic mass is 32.1. The number of Topliss-reactive ketones (excluding diaryl/α,β-unsaturated/α-hetero) is 1. The molecule has 64 valence electrons. The van der Waals surface area contributed by atoms with E-state index in [9.17, 15) is 4.79 Å². The summed E-state index contributed by atoms with van der Waals surface area (Å²) in [6.07, 6.45) is 5.81. The van der Waals surface area contributed by atoms with Crippen molar-refractivity contribution in [3.05, 3.63) is 12.2 Å². The highest BCUT2D eigenvalue weighted by molar-refractivity contribution is 7.80. The van der Waals surface area contributed by atoms with Crippen LogP contribution in [0.3, 0.4) is 0 Å². The van der Waals surface area contributed by atoms with Crippen molar-refractivity contribution in [2.45, 2.75) is 26.7 Å². The van der Waals surface area contributed by atoms with E-state index in [2.05, 4.69) is 31.7 Å². The van der Waals surface area contributed by atoms with Crippen LogP contribution in [0.15, 0.2) is 12.2 Å². The Balaban J connectivity index is 3.50. The maximum atomic E-state index is 10.6. The lowest BCUT2D eigenvalue weighted by atomic mass is 10.1. The zero-order chi connectivity index (χ0) is 8.69. The predicted molar refractivity (Wildman–Crippen MR) is 52.1 cm³/mol. The van der Waals surface area contributed by atoms with E-state index in [1.54, 1.807) is 6.92 Å². The van der Waals surface area contributed by atoms with Gasteiger partial charge in [-0.3, -0.25) is 0 Å². The number of ketones is 1. The lowest BCUT2D eigenvalue weighted by Gasteiger charge is -2.00. The average molecular weight is 172 g/mol. The van der Waals surface area contributed by atoms with Gasteiger partial charge in [-0.15, -0.1) is 0 Å². The molecule has 1 unspecified atom stereocenters. The first-order chi connectivity index (χ1) is 5.16. The van der Waals surface area contributed by atoms with Gasteiger partial charge in [-0.2, -0.15) is 12.6 Å². The van der Waals surface area contributed by atoms with E-state index < -0.39 is 0 Å². The number of carbonyl (C=O) groups is 1. The molecule has 0 aliphatic carbocycles. The molecular weight excluding hydrogens is 156 g/mol. The van der Waals surface area contributed by atoms with Gasteiger partial charge in [0.2, 0.25) is 0 Å². The predicted octanol–water partition coefficient (Wildman–Crippen LogP) is 2.48. The fraction of sp³-hybridized carbons (Fsp3) is 0.667. The summed E-state index contributed by atoms with van der Waals surface area (Å²) < 4.78 is 0. The first-order valence-corrected chi connectivity index (χ1v) is 4.57. The number of hydrogen-bond donors (Lipinski definition) is 1. The fourth-order valence-electron chi connectivity index (χ4n) is 0.925. The molecule has 0 aromatic rings. The number of carbonyl (C=O) groups excluding carboxylic acids is 1. The second-order valence-electron chi connectivity index (χ2n) is 2.82. The normalized spacial score (nSPS) is 13.7. The molecular formula is C9H16OS. The zero-order valence-corrected chi connectivity index (χ0v) is 8.10. The molecule has 0 aliphatic rings. The summed E-state index contributed by atoms with van der Waals surface area (Å²) in [6.45, 7) is 3.68. The van der Waals surface area contributed by atoms with Gasteiger partial charge in [0.15, 0.2) is 0 Å². The highest BCUT2D eigenvalue weighted by Gasteiger charge is 1.99. The van der Waals surface area contributed by atoms with Crippen LogP contribution in [0.5, 0.6) is 0 Å². The van der Waals surface area contributed by atoms with E-state index in [0.29, 0.717) is 12.3 Å². The van der Waals surface area contributed by atoms with E-state index in [0.717, 1.165) is 12.2 Å².